The van der Waals surface area contributed by atoms with Crippen LogP contribution in [-0.4, -0.2) is 49.8 Å². The van der Waals surface area contributed by atoms with Crippen molar-refractivity contribution >= 4 is 45.9 Å². The SMILES string of the molecule is CC=CCNC(=S)SC1=C(C(=O)OCc2ccc([N+](=O)[O-])cc2)N2C(=O)[C@H]([C@@H](C)O)[C@H]2[C@H]1C. The Hall–Kier alpha value is -2.76. The number of aliphatic hydroxyl groups is 1. The lowest BCUT2D eigenvalue weighted by Crippen LogP contribution is -2.63. The van der Waals surface area contributed by atoms with Gasteiger partial charge >= 0.3 is 5.97 Å². The fourth-order valence-electron chi connectivity index (χ4n) is 3.97. The maximum absolute atomic E-state index is 13.1. The number of esters is 1. The molecule has 176 valence electrons. The number of allylic oxidation sites excluding steroid dienone is 1. The van der Waals surface area contributed by atoms with Gasteiger partial charge in [-0.05, 0) is 31.5 Å². The Morgan fingerprint density at radius 2 is 2.09 bits per heavy atom. The number of amides is 1. The van der Waals surface area contributed by atoms with Gasteiger partial charge in [0.2, 0.25) is 5.91 Å². The second-order valence-electron chi connectivity index (χ2n) is 7.81. The number of nitrogens with zero attached hydrogens (tertiary/aromatic N) is 2. The van der Waals surface area contributed by atoms with Gasteiger partial charge in [0, 0.05) is 29.5 Å². The molecule has 1 aromatic carbocycles. The summed E-state index contributed by atoms with van der Waals surface area (Å²) in [5.74, 6) is -1.82. The molecular weight excluding hydrogens is 466 g/mol. The lowest BCUT2D eigenvalue weighted by molar-refractivity contribution is -0.384. The second kappa shape index (κ2) is 10.4. The summed E-state index contributed by atoms with van der Waals surface area (Å²) < 4.78 is 5.91. The Balaban J connectivity index is 1.80. The van der Waals surface area contributed by atoms with Crippen molar-refractivity contribution < 1.29 is 24.4 Å². The molecule has 1 amide bonds. The van der Waals surface area contributed by atoms with Crippen LogP contribution in [0.25, 0.3) is 0 Å². The van der Waals surface area contributed by atoms with Crippen molar-refractivity contribution in [2.75, 3.05) is 6.54 Å². The monoisotopic (exact) mass is 491 g/mol. The van der Waals surface area contributed by atoms with Gasteiger partial charge in [-0.2, -0.15) is 0 Å². The van der Waals surface area contributed by atoms with E-state index in [1.165, 1.54) is 40.9 Å². The summed E-state index contributed by atoms with van der Waals surface area (Å²) in [6, 6.07) is 5.33. The zero-order valence-corrected chi connectivity index (χ0v) is 20.0. The molecule has 0 spiro atoms. The second-order valence-corrected chi connectivity index (χ2v) is 9.52. The molecule has 0 aromatic heterocycles. The molecule has 2 aliphatic rings. The molecule has 1 aromatic rings. The largest absolute Gasteiger partial charge is 0.456 e. The molecule has 0 unspecified atom stereocenters. The van der Waals surface area contributed by atoms with Crippen LogP contribution in [-0.2, 0) is 20.9 Å². The van der Waals surface area contributed by atoms with Gasteiger partial charge in [0.05, 0.1) is 23.0 Å². The first-order valence-electron chi connectivity index (χ1n) is 10.4. The van der Waals surface area contributed by atoms with Crippen LogP contribution < -0.4 is 5.32 Å². The quantitative estimate of drug-likeness (QED) is 0.141. The van der Waals surface area contributed by atoms with Crippen molar-refractivity contribution in [2.45, 2.75) is 39.5 Å². The van der Waals surface area contributed by atoms with Gasteiger partial charge in [-0.15, -0.1) is 0 Å². The fraction of sp³-hybridized carbons (Fsp3) is 0.409. The average molecular weight is 492 g/mol. The predicted octanol–water partition coefficient (Wildman–Crippen LogP) is 2.89. The van der Waals surface area contributed by atoms with Crippen molar-refractivity contribution in [3.8, 4) is 0 Å². The molecule has 2 N–H and O–H groups in total. The molecule has 33 heavy (non-hydrogen) atoms. The maximum Gasteiger partial charge on any atom is 0.356 e. The molecule has 0 saturated carbocycles. The van der Waals surface area contributed by atoms with Gasteiger partial charge in [-0.1, -0.05) is 43.1 Å². The van der Waals surface area contributed by atoms with Crippen molar-refractivity contribution in [2.24, 2.45) is 11.8 Å². The molecule has 1 fully saturated rings. The van der Waals surface area contributed by atoms with Crippen LogP contribution >= 0.6 is 24.0 Å². The normalized spacial score (nSPS) is 22.7. The number of hydrogen-bond donors (Lipinski definition) is 2. The zero-order chi connectivity index (χ0) is 24.3. The lowest BCUT2D eigenvalue weighted by Gasteiger charge is -2.46. The third-order valence-corrected chi connectivity index (χ3v) is 7.13. The van der Waals surface area contributed by atoms with Gasteiger partial charge in [0.15, 0.2) is 0 Å². The van der Waals surface area contributed by atoms with Gasteiger partial charge in [0.25, 0.3) is 5.69 Å². The van der Waals surface area contributed by atoms with Crippen LogP contribution in [0.2, 0.25) is 0 Å². The van der Waals surface area contributed by atoms with Crippen molar-refractivity contribution in [3.05, 3.63) is 62.7 Å². The van der Waals surface area contributed by atoms with Crippen molar-refractivity contribution in [1.82, 2.24) is 10.2 Å². The van der Waals surface area contributed by atoms with E-state index in [9.17, 15) is 24.8 Å². The van der Waals surface area contributed by atoms with E-state index in [1.807, 2.05) is 26.0 Å². The van der Waals surface area contributed by atoms with E-state index in [0.717, 1.165) is 0 Å². The minimum Gasteiger partial charge on any atom is -0.456 e. The first-order chi connectivity index (χ1) is 15.7. The van der Waals surface area contributed by atoms with E-state index in [-0.39, 0.29) is 35.9 Å². The lowest BCUT2D eigenvalue weighted by atomic mass is 9.79. The van der Waals surface area contributed by atoms with Gasteiger partial charge in [0.1, 0.15) is 16.6 Å². The molecule has 11 heteroatoms. The van der Waals surface area contributed by atoms with E-state index in [1.54, 1.807) is 6.92 Å². The van der Waals surface area contributed by atoms with Crippen molar-refractivity contribution in [3.63, 3.8) is 0 Å². The number of benzene rings is 1. The number of nitrogens with one attached hydrogen (secondary N) is 1. The number of carbonyl (C=O) groups is 2. The summed E-state index contributed by atoms with van der Waals surface area (Å²) in [7, 11) is 0. The zero-order valence-electron chi connectivity index (χ0n) is 18.4. The molecule has 0 bridgehead atoms. The highest BCUT2D eigenvalue weighted by Gasteiger charge is 2.60. The number of thiocarbonyl (C=S) groups is 1. The molecule has 3 rings (SSSR count). The van der Waals surface area contributed by atoms with Crippen LogP contribution in [0, 0.1) is 22.0 Å². The molecule has 4 atom stereocenters. The molecule has 2 aliphatic heterocycles. The van der Waals surface area contributed by atoms with E-state index >= 15 is 0 Å². The number of β-lactam (4-membered cyclic amide) rings is 1. The number of rotatable bonds is 8. The topological polar surface area (TPSA) is 122 Å². The summed E-state index contributed by atoms with van der Waals surface area (Å²) >= 11 is 6.61. The average Bonchev–Trinajstić information content (AvgIpc) is 3.00. The van der Waals surface area contributed by atoms with Crippen LogP contribution in [0.5, 0.6) is 0 Å². The Morgan fingerprint density at radius 1 is 1.42 bits per heavy atom. The van der Waals surface area contributed by atoms with Crippen LogP contribution in [0.15, 0.2) is 47.0 Å². The number of nitro benzene ring substituents is 1. The minimum absolute atomic E-state index is 0.0619. The number of thioether (sulfide) groups is 1. The third-order valence-electron chi connectivity index (χ3n) is 5.62. The summed E-state index contributed by atoms with van der Waals surface area (Å²) in [5, 5.41) is 24.0. The number of aliphatic hydroxyl groups excluding tert-OH is 1. The van der Waals surface area contributed by atoms with E-state index in [2.05, 4.69) is 5.32 Å². The molecule has 9 nitrogen and oxygen atoms in total. The summed E-state index contributed by atoms with van der Waals surface area (Å²) in [6.07, 6.45) is 2.94. The molecule has 2 heterocycles. The molecule has 1 saturated heterocycles. The van der Waals surface area contributed by atoms with Gasteiger partial charge in [-0.3, -0.25) is 14.9 Å². The van der Waals surface area contributed by atoms with Gasteiger partial charge < -0.3 is 20.1 Å². The highest BCUT2D eigenvalue weighted by molar-refractivity contribution is 8.25. The summed E-state index contributed by atoms with van der Waals surface area (Å²) in [4.78, 5) is 38.1. The molecule has 0 radical (unpaired) electrons. The first kappa shape index (κ1) is 24.9. The van der Waals surface area contributed by atoms with Crippen LogP contribution in [0.4, 0.5) is 5.69 Å². The van der Waals surface area contributed by atoms with E-state index < -0.39 is 22.9 Å². The highest BCUT2D eigenvalue weighted by atomic mass is 32.2. The number of ether oxygens (including phenoxy) is 1. The Kier molecular flexibility index (Phi) is 7.88. The highest BCUT2D eigenvalue weighted by Crippen LogP contribution is 2.50. The number of non-ortho nitro benzene ring substituents is 1. The Labute approximate surface area is 201 Å². The predicted molar refractivity (Wildman–Crippen MR) is 128 cm³/mol. The minimum atomic E-state index is -0.845. The molecular formula is C22H25N3O6S2. The Morgan fingerprint density at radius 3 is 2.67 bits per heavy atom. The summed E-state index contributed by atoms with van der Waals surface area (Å²) in [5.41, 5.74) is 0.649. The first-order valence-corrected chi connectivity index (χ1v) is 11.6. The fourth-order valence-corrected chi connectivity index (χ4v) is 5.29. The van der Waals surface area contributed by atoms with E-state index in [4.69, 9.17) is 17.0 Å². The standard InChI is InChI=1S/C22H25N3O6S2/c1-4-5-10-23-22(32)33-19-12(2)17-16(13(3)26)20(27)24(17)18(19)21(28)31-11-14-6-8-15(9-7-14)25(29)30/h4-9,12-13,16-17,26H,10-11H2,1-3H3,(H,23,32)/t12-,13-,16-,17-/m1/s1. The molecule has 0 aliphatic carbocycles. The number of hydrogen-bond acceptors (Lipinski definition) is 8. The smallest absolute Gasteiger partial charge is 0.356 e. The maximum atomic E-state index is 13.1. The van der Waals surface area contributed by atoms with Crippen LogP contribution in [0.3, 0.4) is 0 Å². The number of carbonyl (C=O) groups excluding carboxylic acids is 2. The van der Waals surface area contributed by atoms with E-state index in [0.29, 0.717) is 21.3 Å². The van der Waals surface area contributed by atoms with Gasteiger partial charge in [-0.25, -0.2) is 4.79 Å². The number of nitro groups is 1. The third kappa shape index (κ3) is 5.10. The summed E-state index contributed by atoms with van der Waals surface area (Å²) in [6.45, 7) is 5.78. The van der Waals surface area contributed by atoms with Crippen LogP contribution in [0.1, 0.15) is 26.3 Å². The Bertz CT molecular complexity index is 1020. The van der Waals surface area contributed by atoms with Crippen molar-refractivity contribution in [1.29, 1.82) is 0 Å². The number of fused-ring (bicyclic) bond motifs is 1.